The van der Waals surface area contributed by atoms with Crippen LogP contribution < -0.4 is 10.5 Å². The van der Waals surface area contributed by atoms with Gasteiger partial charge >= 0.3 is 5.97 Å². The van der Waals surface area contributed by atoms with Crippen molar-refractivity contribution >= 4 is 5.97 Å². The fraction of sp³-hybridized carbons (Fsp3) is 0.588. The van der Waals surface area contributed by atoms with Gasteiger partial charge < -0.3 is 15.2 Å². The zero-order valence-electron chi connectivity index (χ0n) is 13.8. The van der Waals surface area contributed by atoms with Crippen molar-refractivity contribution < 1.29 is 14.3 Å². The summed E-state index contributed by atoms with van der Waals surface area (Å²) in [5.41, 5.74) is 8.59. The minimum absolute atomic E-state index is 0.351. The van der Waals surface area contributed by atoms with E-state index in [1.54, 1.807) is 13.8 Å². The predicted molar refractivity (Wildman–Crippen MR) is 84.6 cm³/mol. The van der Waals surface area contributed by atoms with E-state index >= 15 is 0 Å². The normalized spacial score (nSPS) is 13.6. The van der Waals surface area contributed by atoms with Crippen LogP contribution in [-0.2, 0) is 9.53 Å². The summed E-state index contributed by atoms with van der Waals surface area (Å²) in [7, 11) is 0. The van der Waals surface area contributed by atoms with Gasteiger partial charge in [0, 0.05) is 0 Å². The molecule has 0 saturated heterocycles. The molecule has 0 fully saturated rings. The van der Waals surface area contributed by atoms with E-state index in [1.807, 2.05) is 6.07 Å². The Balaban J connectivity index is 2.50. The van der Waals surface area contributed by atoms with E-state index in [0.717, 1.165) is 11.3 Å². The van der Waals surface area contributed by atoms with Crippen LogP contribution in [0.2, 0.25) is 0 Å². The molecule has 0 aromatic heterocycles. The Hall–Kier alpha value is -1.55. The van der Waals surface area contributed by atoms with E-state index in [-0.39, 0.29) is 5.97 Å². The smallest absolute Gasteiger partial charge is 0.325 e. The molecule has 0 saturated carbocycles. The lowest BCUT2D eigenvalue weighted by Crippen LogP contribution is -2.46. The standard InChI is InChI=1S/C17H27NO3/c1-6-20-16(19)17(5,18)8-7-9-21-15-11-12(2)10-13(3)14(15)4/h10-11H,6-9,18H2,1-5H3. The quantitative estimate of drug-likeness (QED) is 0.620. The highest BCUT2D eigenvalue weighted by Crippen LogP contribution is 2.23. The molecule has 118 valence electrons. The van der Waals surface area contributed by atoms with E-state index < -0.39 is 5.54 Å². The number of esters is 1. The molecular formula is C17H27NO3. The number of benzene rings is 1. The highest BCUT2D eigenvalue weighted by Gasteiger charge is 2.29. The Morgan fingerprint density at radius 1 is 1.29 bits per heavy atom. The average Bonchev–Trinajstić information content (AvgIpc) is 2.40. The summed E-state index contributed by atoms with van der Waals surface area (Å²) in [6.07, 6.45) is 1.24. The van der Waals surface area contributed by atoms with Gasteiger partial charge in [-0.05, 0) is 70.2 Å². The van der Waals surface area contributed by atoms with E-state index in [4.69, 9.17) is 15.2 Å². The lowest BCUT2D eigenvalue weighted by Gasteiger charge is -2.22. The fourth-order valence-corrected chi connectivity index (χ4v) is 2.17. The van der Waals surface area contributed by atoms with Crippen LogP contribution in [0.5, 0.6) is 5.75 Å². The monoisotopic (exact) mass is 293 g/mol. The van der Waals surface area contributed by atoms with Crippen LogP contribution in [0.4, 0.5) is 0 Å². The van der Waals surface area contributed by atoms with Crippen molar-refractivity contribution in [3.63, 3.8) is 0 Å². The molecule has 2 N–H and O–H groups in total. The Labute approximate surface area is 127 Å². The van der Waals surface area contributed by atoms with Crippen LogP contribution in [0.3, 0.4) is 0 Å². The molecule has 4 nitrogen and oxygen atoms in total. The fourth-order valence-electron chi connectivity index (χ4n) is 2.17. The Kier molecular flexibility index (Phi) is 6.21. The molecule has 0 amide bonds. The topological polar surface area (TPSA) is 61.5 Å². The molecule has 0 aliphatic rings. The average molecular weight is 293 g/mol. The number of carbonyl (C=O) groups excluding carboxylic acids is 1. The van der Waals surface area contributed by atoms with Crippen molar-refractivity contribution in [3.8, 4) is 5.75 Å². The largest absolute Gasteiger partial charge is 0.493 e. The Morgan fingerprint density at radius 2 is 1.95 bits per heavy atom. The molecule has 0 radical (unpaired) electrons. The van der Waals surface area contributed by atoms with Gasteiger partial charge in [-0.1, -0.05) is 6.07 Å². The zero-order valence-corrected chi connectivity index (χ0v) is 13.8. The van der Waals surface area contributed by atoms with Gasteiger partial charge in [-0.25, -0.2) is 0 Å². The first-order chi connectivity index (χ1) is 9.77. The summed E-state index contributed by atoms with van der Waals surface area (Å²) >= 11 is 0. The number of hydrogen-bond acceptors (Lipinski definition) is 4. The molecule has 1 aromatic carbocycles. The van der Waals surface area contributed by atoms with Gasteiger partial charge in [-0.2, -0.15) is 0 Å². The van der Waals surface area contributed by atoms with E-state index in [9.17, 15) is 4.79 Å². The summed E-state index contributed by atoms with van der Waals surface area (Å²) in [6.45, 7) is 10.5. The number of carbonyl (C=O) groups is 1. The Bertz CT molecular complexity index is 495. The van der Waals surface area contributed by atoms with Crippen molar-refractivity contribution in [3.05, 3.63) is 28.8 Å². The first-order valence-electron chi connectivity index (χ1n) is 7.44. The van der Waals surface area contributed by atoms with Crippen molar-refractivity contribution in [2.45, 2.75) is 53.0 Å². The molecule has 1 unspecified atom stereocenters. The molecule has 1 aromatic rings. The summed E-state index contributed by atoms with van der Waals surface area (Å²) in [5.74, 6) is 0.551. The third-order valence-electron chi connectivity index (χ3n) is 3.60. The van der Waals surface area contributed by atoms with E-state index in [2.05, 4.69) is 26.8 Å². The van der Waals surface area contributed by atoms with Crippen LogP contribution in [0.25, 0.3) is 0 Å². The second kappa shape index (κ2) is 7.46. The molecule has 0 bridgehead atoms. The third kappa shape index (κ3) is 5.05. The highest BCUT2D eigenvalue weighted by molar-refractivity contribution is 5.79. The maximum Gasteiger partial charge on any atom is 0.325 e. The van der Waals surface area contributed by atoms with Crippen LogP contribution in [-0.4, -0.2) is 24.7 Å². The molecule has 0 aliphatic heterocycles. The van der Waals surface area contributed by atoms with E-state index in [0.29, 0.717) is 26.1 Å². The minimum Gasteiger partial charge on any atom is -0.493 e. The lowest BCUT2D eigenvalue weighted by atomic mass is 9.98. The number of nitrogens with two attached hydrogens (primary N) is 1. The SMILES string of the molecule is CCOC(=O)C(C)(N)CCCOc1cc(C)cc(C)c1C. The highest BCUT2D eigenvalue weighted by atomic mass is 16.5. The van der Waals surface area contributed by atoms with Crippen LogP contribution >= 0.6 is 0 Å². The van der Waals surface area contributed by atoms with Gasteiger partial charge in [-0.3, -0.25) is 4.79 Å². The van der Waals surface area contributed by atoms with Crippen molar-refractivity contribution in [2.24, 2.45) is 5.73 Å². The number of aryl methyl sites for hydroxylation is 2. The van der Waals surface area contributed by atoms with Crippen molar-refractivity contribution in [1.29, 1.82) is 0 Å². The van der Waals surface area contributed by atoms with Gasteiger partial charge in [0.05, 0.1) is 13.2 Å². The maximum absolute atomic E-state index is 11.7. The number of rotatable bonds is 7. The molecule has 1 atom stereocenters. The van der Waals surface area contributed by atoms with Gasteiger partial charge in [0.25, 0.3) is 0 Å². The van der Waals surface area contributed by atoms with Crippen LogP contribution in [0, 0.1) is 20.8 Å². The second-order valence-corrected chi connectivity index (χ2v) is 5.79. The third-order valence-corrected chi connectivity index (χ3v) is 3.60. The molecule has 0 aliphatic carbocycles. The minimum atomic E-state index is -0.947. The summed E-state index contributed by atoms with van der Waals surface area (Å²) in [6, 6.07) is 4.18. The molecular weight excluding hydrogens is 266 g/mol. The van der Waals surface area contributed by atoms with Gasteiger partial charge in [-0.15, -0.1) is 0 Å². The molecule has 21 heavy (non-hydrogen) atoms. The second-order valence-electron chi connectivity index (χ2n) is 5.79. The lowest BCUT2D eigenvalue weighted by molar-refractivity contribution is -0.149. The van der Waals surface area contributed by atoms with E-state index in [1.165, 1.54) is 11.1 Å². The summed E-state index contributed by atoms with van der Waals surface area (Å²) in [5, 5.41) is 0. The van der Waals surface area contributed by atoms with Crippen LogP contribution in [0.1, 0.15) is 43.4 Å². The maximum atomic E-state index is 11.7. The molecule has 4 heteroatoms. The first kappa shape index (κ1) is 17.5. The van der Waals surface area contributed by atoms with Crippen LogP contribution in [0.15, 0.2) is 12.1 Å². The molecule has 0 heterocycles. The predicted octanol–water partition coefficient (Wildman–Crippen LogP) is 3.05. The Morgan fingerprint density at radius 3 is 2.57 bits per heavy atom. The van der Waals surface area contributed by atoms with Gasteiger partial charge in [0.2, 0.25) is 0 Å². The number of hydrogen-bond donors (Lipinski definition) is 1. The van der Waals surface area contributed by atoms with Gasteiger partial charge in [0.1, 0.15) is 11.3 Å². The van der Waals surface area contributed by atoms with Crippen molar-refractivity contribution in [1.82, 2.24) is 0 Å². The van der Waals surface area contributed by atoms with Gasteiger partial charge in [0.15, 0.2) is 0 Å². The molecule has 0 spiro atoms. The first-order valence-corrected chi connectivity index (χ1v) is 7.44. The number of ether oxygens (including phenoxy) is 2. The zero-order chi connectivity index (χ0) is 16.0. The molecule has 1 rings (SSSR count). The summed E-state index contributed by atoms with van der Waals surface area (Å²) < 4.78 is 10.8. The summed E-state index contributed by atoms with van der Waals surface area (Å²) in [4.78, 5) is 11.7. The van der Waals surface area contributed by atoms with Crippen molar-refractivity contribution in [2.75, 3.05) is 13.2 Å².